The van der Waals surface area contributed by atoms with Crippen molar-refractivity contribution in [2.75, 3.05) is 0 Å². The minimum absolute atomic E-state index is 0.192. The number of hydrogen-bond acceptors (Lipinski definition) is 8. The molecule has 0 radical (unpaired) electrons. The van der Waals surface area contributed by atoms with Gasteiger partial charge in [-0.05, 0) is 12.3 Å². The second kappa shape index (κ2) is 13.6. The molecule has 4 unspecified atom stereocenters. The summed E-state index contributed by atoms with van der Waals surface area (Å²) >= 11 is 0. The lowest BCUT2D eigenvalue weighted by Crippen LogP contribution is -2.58. The molecule has 3 amide bonds. The molecule has 0 aliphatic carbocycles. The second-order valence-corrected chi connectivity index (χ2v) is 8.10. The summed E-state index contributed by atoms with van der Waals surface area (Å²) in [7, 11) is 0. The molecule has 15 heteroatoms. The molecule has 0 saturated heterocycles. The molecule has 0 aliphatic rings. The van der Waals surface area contributed by atoms with E-state index >= 15 is 0 Å². The third-order valence-corrected chi connectivity index (χ3v) is 4.91. The third kappa shape index (κ3) is 10.2. The number of imidazole rings is 1. The Kier molecular flexibility index (Phi) is 11.3. The van der Waals surface area contributed by atoms with E-state index in [0.29, 0.717) is 5.69 Å². The molecule has 35 heavy (non-hydrogen) atoms. The van der Waals surface area contributed by atoms with E-state index in [1.165, 1.54) is 12.5 Å². The Balaban J connectivity index is 3.11. The molecule has 15 nitrogen and oxygen atoms in total. The van der Waals surface area contributed by atoms with Crippen LogP contribution in [0.15, 0.2) is 12.5 Å². The van der Waals surface area contributed by atoms with Crippen molar-refractivity contribution in [1.82, 2.24) is 25.9 Å². The molecule has 0 aliphatic heterocycles. The van der Waals surface area contributed by atoms with Gasteiger partial charge in [0.1, 0.15) is 18.1 Å². The first kappa shape index (κ1) is 29.0. The molecule has 4 atom stereocenters. The van der Waals surface area contributed by atoms with Gasteiger partial charge >= 0.3 is 17.9 Å². The molecule has 0 saturated carbocycles. The Labute approximate surface area is 199 Å². The van der Waals surface area contributed by atoms with Gasteiger partial charge in [0.25, 0.3) is 0 Å². The van der Waals surface area contributed by atoms with Gasteiger partial charge in [0.15, 0.2) is 0 Å². The Morgan fingerprint density at radius 2 is 1.49 bits per heavy atom. The van der Waals surface area contributed by atoms with Crippen LogP contribution in [0, 0.1) is 5.92 Å². The lowest BCUT2D eigenvalue weighted by atomic mass is 10.0. The molecule has 1 rings (SSSR count). The summed E-state index contributed by atoms with van der Waals surface area (Å²) in [4.78, 5) is 77.9. The highest BCUT2D eigenvalue weighted by Gasteiger charge is 2.32. The first-order valence-corrected chi connectivity index (χ1v) is 10.6. The van der Waals surface area contributed by atoms with Crippen LogP contribution in [0.25, 0.3) is 0 Å². The number of aromatic amines is 1. The number of aromatic nitrogens is 2. The standard InChI is InChI=1S/C20H30N6O9/c1-9(2)16(21)19(33)24-11(3-4-14(27)28)17(31)25-12(5-10-7-22-8-23-10)18(32)26-13(20(34)35)6-15(29)30/h7-9,11-13,16H,3-6,21H2,1-2H3,(H,22,23)(H,24,33)(H,25,31)(H,26,32)(H,27,28)(H,29,30)(H,34,35). The topological polar surface area (TPSA) is 254 Å². The van der Waals surface area contributed by atoms with Crippen LogP contribution in [-0.2, 0) is 35.2 Å². The molecule has 0 bridgehead atoms. The summed E-state index contributed by atoms with van der Waals surface area (Å²) in [5.74, 6) is -7.20. The number of amides is 3. The number of carboxylic acid groups (broad SMARTS) is 3. The molecule has 0 aromatic carbocycles. The number of hydrogen-bond donors (Lipinski definition) is 8. The van der Waals surface area contributed by atoms with Crippen LogP contribution in [0.4, 0.5) is 0 Å². The number of nitrogens with two attached hydrogens (primary N) is 1. The van der Waals surface area contributed by atoms with E-state index in [9.17, 15) is 33.9 Å². The predicted octanol–water partition coefficient (Wildman–Crippen LogP) is -2.19. The summed E-state index contributed by atoms with van der Waals surface area (Å²) in [6.45, 7) is 3.36. The zero-order chi connectivity index (χ0) is 26.7. The molecule has 1 heterocycles. The van der Waals surface area contributed by atoms with E-state index in [2.05, 4.69) is 25.9 Å². The van der Waals surface area contributed by atoms with Crippen molar-refractivity contribution in [2.24, 2.45) is 11.7 Å². The van der Waals surface area contributed by atoms with Gasteiger partial charge < -0.3 is 42.0 Å². The number of rotatable bonds is 15. The largest absolute Gasteiger partial charge is 0.481 e. The lowest BCUT2D eigenvalue weighted by Gasteiger charge is -2.25. The highest BCUT2D eigenvalue weighted by molar-refractivity contribution is 5.95. The maximum Gasteiger partial charge on any atom is 0.326 e. The molecule has 1 aromatic heterocycles. The average molecular weight is 498 g/mol. The first-order valence-electron chi connectivity index (χ1n) is 10.6. The monoisotopic (exact) mass is 498 g/mol. The van der Waals surface area contributed by atoms with Crippen molar-refractivity contribution in [3.05, 3.63) is 18.2 Å². The second-order valence-electron chi connectivity index (χ2n) is 8.10. The minimum atomic E-state index is -1.77. The van der Waals surface area contributed by atoms with Crippen LogP contribution in [0.3, 0.4) is 0 Å². The Bertz CT molecular complexity index is 918. The van der Waals surface area contributed by atoms with Crippen LogP contribution < -0.4 is 21.7 Å². The lowest BCUT2D eigenvalue weighted by molar-refractivity contribution is -0.147. The van der Waals surface area contributed by atoms with Crippen molar-refractivity contribution in [3.63, 3.8) is 0 Å². The van der Waals surface area contributed by atoms with Gasteiger partial charge in [-0.25, -0.2) is 9.78 Å². The van der Waals surface area contributed by atoms with Crippen molar-refractivity contribution in [3.8, 4) is 0 Å². The fraction of sp³-hybridized carbons (Fsp3) is 0.550. The fourth-order valence-electron chi connectivity index (χ4n) is 2.85. The number of aliphatic carboxylic acids is 3. The van der Waals surface area contributed by atoms with Crippen LogP contribution >= 0.6 is 0 Å². The van der Waals surface area contributed by atoms with Gasteiger partial charge in [0, 0.05) is 24.7 Å². The average Bonchev–Trinajstić information content (AvgIpc) is 3.27. The smallest absolute Gasteiger partial charge is 0.326 e. The molecular formula is C20H30N6O9. The maximum atomic E-state index is 12.9. The van der Waals surface area contributed by atoms with E-state index in [1.807, 2.05) is 0 Å². The zero-order valence-corrected chi connectivity index (χ0v) is 19.2. The summed E-state index contributed by atoms with van der Waals surface area (Å²) in [6.07, 6.45) is 0.765. The van der Waals surface area contributed by atoms with Crippen molar-refractivity contribution in [1.29, 1.82) is 0 Å². The molecule has 0 spiro atoms. The molecule has 1 aromatic rings. The number of carbonyl (C=O) groups excluding carboxylic acids is 3. The number of carbonyl (C=O) groups is 6. The number of nitrogens with one attached hydrogen (secondary N) is 4. The summed E-state index contributed by atoms with van der Waals surface area (Å²) in [5, 5.41) is 33.9. The Hall–Kier alpha value is -4.01. The Morgan fingerprint density at radius 3 is 1.97 bits per heavy atom. The van der Waals surface area contributed by atoms with Crippen LogP contribution in [-0.4, -0.2) is 85.1 Å². The highest BCUT2D eigenvalue weighted by Crippen LogP contribution is 2.06. The number of nitrogens with zero attached hydrogens (tertiary/aromatic N) is 1. The van der Waals surface area contributed by atoms with Crippen LogP contribution in [0.1, 0.15) is 38.8 Å². The maximum absolute atomic E-state index is 12.9. The van der Waals surface area contributed by atoms with Crippen molar-refractivity contribution in [2.45, 2.75) is 63.7 Å². The summed E-state index contributed by atoms with van der Waals surface area (Å²) in [6, 6.07) is -5.53. The highest BCUT2D eigenvalue weighted by atomic mass is 16.4. The normalized spacial score (nSPS) is 14.3. The summed E-state index contributed by atoms with van der Waals surface area (Å²) < 4.78 is 0. The molecule has 194 valence electrons. The van der Waals surface area contributed by atoms with E-state index in [1.54, 1.807) is 13.8 Å². The predicted molar refractivity (Wildman–Crippen MR) is 118 cm³/mol. The zero-order valence-electron chi connectivity index (χ0n) is 19.2. The van der Waals surface area contributed by atoms with Crippen molar-refractivity contribution < 1.29 is 44.1 Å². The molecule has 0 fully saturated rings. The van der Waals surface area contributed by atoms with Crippen LogP contribution in [0.2, 0.25) is 0 Å². The van der Waals surface area contributed by atoms with Gasteiger partial charge in [-0.15, -0.1) is 0 Å². The van der Waals surface area contributed by atoms with Crippen LogP contribution in [0.5, 0.6) is 0 Å². The van der Waals surface area contributed by atoms with Gasteiger partial charge in [0.05, 0.1) is 18.8 Å². The fourth-order valence-corrected chi connectivity index (χ4v) is 2.85. The third-order valence-electron chi connectivity index (χ3n) is 4.91. The SMILES string of the molecule is CC(C)C(N)C(=O)NC(CCC(=O)O)C(=O)NC(Cc1cnc[nH]1)C(=O)NC(CC(=O)O)C(=O)O. The Morgan fingerprint density at radius 1 is 0.914 bits per heavy atom. The van der Waals surface area contributed by atoms with E-state index in [-0.39, 0.29) is 18.8 Å². The van der Waals surface area contributed by atoms with Gasteiger partial charge in [0.2, 0.25) is 17.7 Å². The summed E-state index contributed by atoms with van der Waals surface area (Å²) in [5.41, 5.74) is 6.17. The molecular weight excluding hydrogens is 468 g/mol. The quantitative estimate of drug-likeness (QED) is 0.129. The van der Waals surface area contributed by atoms with Gasteiger partial charge in [-0.1, -0.05) is 13.8 Å². The number of carboxylic acids is 3. The van der Waals surface area contributed by atoms with E-state index in [0.717, 1.165) is 0 Å². The van der Waals surface area contributed by atoms with E-state index in [4.69, 9.17) is 15.9 Å². The van der Waals surface area contributed by atoms with E-state index < -0.39 is 72.6 Å². The molecule has 9 N–H and O–H groups in total. The first-order chi connectivity index (χ1) is 16.3. The van der Waals surface area contributed by atoms with Gasteiger partial charge in [-0.2, -0.15) is 0 Å². The minimum Gasteiger partial charge on any atom is -0.481 e. The van der Waals surface area contributed by atoms with Crippen molar-refractivity contribution >= 4 is 35.6 Å². The van der Waals surface area contributed by atoms with Gasteiger partial charge in [-0.3, -0.25) is 24.0 Å². The number of H-pyrrole nitrogens is 1.